The first-order valence-corrected chi connectivity index (χ1v) is 13.8. The van der Waals surface area contributed by atoms with E-state index >= 15 is 0 Å². The standard InChI is InChI=1S/C28H30N2O2S2/c1-21-6-5-9-23(18-21)19-33-17-15-29-27(32)24-10-12-25(13-11-24)28-30(26(31)20-34-28)16-14-22-7-3-2-4-8-22/h2-13,18,28H,14-17,19-20H2,1H3,(H,29,32)/t28-/m1/s1. The van der Waals surface area contributed by atoms with Crippen LogP contribution in [0.2, 0.25) is 0 Å². The predicted octanol–water partition coefficient (Wildman–Crippen LogP) is 5.47. The Morgan fingerprint density at radius 2 is 1.79 bits per heavy atom. The summed E-state index contributed by atoms with van der Waals surface area (Å²) >= 11 is 3.47. The lowest BCUT2D eigenvalue weighted by Crippen LogP contribution is -2.30. The molecule has 1 aliphatic rings. The fourth-order valence-corrected chi connectivity index (χ4v) is 6.02. The highest BCUT2D eigenvalue weighted by atomic mass is 32.2. The molecular weight excluding hydrogens is 460 g/mol. The van der Waals surface area contributed by atoms with E-state index in [0.29, 0.717) is 24.4 Å². The summed E-state index contributed by atoms with van der Waals surface area (Å²) in [5.41, 5.74) is 5.53. The quantitative estimate of drug-likeness (QED) is 0.383. The zero-order valence-electron chi connectivity index (χ0n) is 19.4. The van der Waals surface area contributed by atoms with Crippen LogP contribution in [0.15, 0.2) is 78.9 Å². The van der Waals surface area contributed by atoms with Gasteiger partial charge in [0.1, 0.15) is 5.37 Å². The average Bonchev–Trinajstić information content (AvgIpc) is 3.23. The van der Waals surface area contributed by atoms with Crippen LogP contribution in [0.25, 0.3) is 0 Å². The summed E-state index contributed by atoms with van der Waals surface area (Å²) in [4.78, 5) is 27.0. The molecular formula is C28H30N2O2S2. The minimum Gasteiger partial charge on any atom is -0.351 e. The highest BCUT2D eigenvalue weighted by molar-refractivity contribution is 8.00. The van der Waals surface area contributed by atoms with E-state index in [4.69, 9.17) is 0 Å². The monoisotopic (exact) mass is 490 g/mol. The molecule has 1 fully saturated rings. The number of nitrogens with one attached hydrogen (secondary N) is 1. The van der Waals surface area contributed by atoms with Crippen molar-refractivity contribution in [2.75, 3.05) is 24.6 Å². The number of hydrogen-bond acceptors (Lipinski definition) is 4. The van der Waals surface area contributed by atoms with Gasteiger partial charge in [-0.3, -0.25) is 9.59 Å². The number of carbonyl (C=O) groups excluding carboxylic acids is 2. The first-order valence-electron chi connectivity index (χ1n) is 11.6. The van der Waals surface area contributed by atoms with Crippen LogP contribution in [-0.2, 0) is 17.0 Å². The third-order valence-electron chi connectivity index (χ3n) is 5.79. The summed E-state index contributed by atoms with van der Waals surface area (Å²) in [6, 6.07) is 26.5. The number of aryl methyl sites for hydroxylation is 1. The molecule has 6 heteroatoms. The lowest BCUT2D eigenvalue weighted by Gasteiger charge is -2.24. The Bertz CT molecular complexity index is 1100. The number of hydrogen-bond donors (Lipinski definition) is 1. The van der Waals surface area contributed by atoms with E-state index in [1.165, 1.54) is 16.7 Å². The van der Waals surface area contributed by atoms with Crippen molar-refractivity contribution in [1.82, 2.24) is 10.2 Å². The van der Waals surface area contributed by atoms with Gasteiger partial charge < -0.3 is 10.2 Å². The van der Waals surface area contributed by atoms with Crippen LogP contribution < -0.4 is 5.32 Å². The van der Waals surface area contributed by atoms with Gasteiger partial charge in [-0.2, -0.15) is 11.8 Å². The van der Waals surface area contributed by atoms with Crippen molar-refractivity contribution in [3.8, 4) is 0 Å². The van der Waals surface area contributed by atoms with E-state index in [0.717, 1.165) is 23.5 Å². The van der Waals surface area contributed by atoms with Crippen LogP contribution in [0.1, 0.15) is 38.0 Å². The van der Waals surface area contributed by atoms with Gasteiger partial charge in [0.25, 0.3) is 5.91 Å². The molecule has 0 bridgehead atoms. The Labute approximate surface area is 210 Å². The van der Waals surface area contributed by atoms with Crippen LogP contribution in [0, 0.1) is 6.92 Å². The van der Waals surface area contributed by atoms with Gasteiger partial charge in [0, 0.05) is 30.2 Å². The maximum absolute atomic E-state index is 12.5. The minimum absolute atomic E-state index is 0.00588. The molecule has 0 aliphatic carbocycles. The van der Waals surface area contributed by atoms with Crippen molar-refractivity contribution in [1.29, 1.82) is 0 Å². The van der Waals surface area contributed by atoms with Gasteiger partial charge in [0.15, 0.2) is 0 Å². The summed E-state index contributed by atoms with van der Waals surface area (Å²) in [6.07, 6.45) is 0.839. The van der Waals surface area contributed by atoms with Gasteiger partial charge in [-0.15, -0.1) is 11.8 Å². The normalized spacial score (nSPS) is 15.5. The summed E-state index contributed by atoms with van der Waals surface area (Å²) in [5.74, 6) is 2.44. The van der Waals surface area contributed by atoms with Crippen molar-refractivity contribution in [3.05, 3.63) is 107 Å². The summed E-state index contributed by atoms with van der Waals surface area (Å²) in [6.45, 7) is 3.44. The fraction of sp³-hybridized carbons (Fsp3) is 0.286. The number of carbonyl (C=O) groups is 2. The molecule has 2 amide bonds. The maximum atomic E-state index is 12.5. The maximum Gasteiger partial charge on any atom is 0.251 e. The smallest absolute Gasteiger partial charge is 0.251 e. The number of nitrogens with zero attached hydrogens (tertiary/aromatic N) is 1. The summed E-state index contributed by atoms with van der Waals surface area (Å²) in [7, 11) is 0. The Morgan fingerprint density at radius 3 is 2.56 bits per heavy atom. The zero-order chi connectivity index (χ0) is 23.8. The van der Waals surface area contributed by atoms with Gasteiger partial charge in [0.05, 0.1) is 5.75 Å². The highest BCUT2D eigenvalue weighted by Gasteiger charge is 2.32. The molecule has 1 aliphatic heterocycles. The van der Waals surface area contributed by atoms with Crippen LogP contribution in [-0.4, -0.2) is 41.3 Å². The fourth-order valence-electron chi connectivity index (χ4n) is 4.00. The second kappa shape index (κ2) is 12.1. The molecule has 0 saturated carbocycles. The Kier molecular flexibility index (Phi) is 8.72. The molecule has 3 aromatic rings. The molecule has 0 radical (unpaired) electrons. The van der Waals surface area contributed by atoms with Crippen LogP contribution >= 0.6 is 23.5 Å². The molecule has 176 valence electrons. The van der Waals surface area contributed by atoms with E-state index < -0.39 is 0 Å². The predicted molar refractivity (Wildman–Crippen MR) is 143 cm³/mol. The lowest BCUT2D eigenvalue weighted by atomic mass is 10.1. The van der Waals surface area contributed by atoms with Gasteiger partial charge in [-0.25, -0.2) is 0 Å². The minimum atomic E-state index is -0.0567. The molecule has 0 unspecified atom stereocenters. The van der Waals surface area contributed by atoms with Gasteiger partial charge in [-0.1, -0.05) is 72.3 Å². The van der Waals surface area contributed by atoms with Crippen LogP contribution in [0.3, 0.4) is 0 Å². The van der Waals surface area contributed by atoms with Gasteiger partial charge >= 0.3 is 0 Å². The molecule has 1 heterocycles. The number of amides is 2. The molecule has 1 N–H and O–H groups in total. The van der Waals surface area contributed by atoms with Crippen LogP contribution in [0.5, 0.6) is 0 Å². The first kappa shape index (κ1) is 24.4. The topological polar surface area (TPSA) is 49.4 Å². The molecule has 1 atom stereocenters. The second-order valence-electron chi connectivity index (χ2n) is 8.41. The van der Waals surface area contributed by atoms with Crippen molar-refractivity contribution >= 4 is 35.3 Å². The lowest BCUT2D eigenvalue weighted by molar-refractivity contribution is -0.128. The number of rotatable bonds is 10. The second-order valence-corrected chi connectivity index (χ2v) is 10.6. The molecule has 4 rings (SSSR count). The Morgan fingerprint density at radius 1 is 1.03 bits per heavy atom. The number of benzene rings is 3. The summed E-state index contributed by atoms with van der Waals surface area (Å²) < 4.78 is 0. The highest BCUT2D eigenvalue weighted by Crippen LogP contribution is 2.38. The van der Waals surface area contributed by atoms with E-state index in [1.807, 2.05) is 59.1 Å². The van der Waals surface area contributed by atoms with E-state index in [9.17, 15) is 9.59 Å². The molecule has 1 saturated heterocycles. The molecule has 34 heavy (non-hydrogen) atoms. The Balaban J connectivity index is 1.25. The molecule has 4 nitrogen and oxygen atoms in total. The largest absolute Gasteiger partial charge is 0.351 e. The van der Waals surface area contributed by atoms with Crippen molar-refractivity contribution in [2.24, 2.45) is 0 Å². The van der Waals surface area contributed by atoms with E-state index in [1.54, 1.807) is 11.8 Å². The van der Waals surface area contributed by atoms with Crippen molar-refractivity contribution in [2.45, 2.75) is 24.5 Å². The summed E-state index contributed by atoms with van der Waals surface area (Å²) in [5, 5.41) is 3.02. The van der Waals surface area contributed by atoms with Crippen molar-refractivity contribution in [3.63, 3.8) is 0 Å². The molecule has 0 aromatic heterocycles. The van der Waals surface area contributed by atoms with Crippen molar-refractivity contribution < 1.29 is 9.59 Å². The third-order valence-corrected chi connectivity index (χ3v) is 8.08. The zero-order valence-corrected chi connectivity index (χ0v) is 21.0. The molecule has 3 aromatic carbocycles. The van der Waals surface area contributed by atoms with E-state index in [2.05, 4.69) is 48.6 Å². The van der Waals surface area contributed by atoms with Gasteiger partial charge in [0.2, 0.25) is 5.91 Å². The SMILES string of the molecule is Cc1cccc(CSCCNC(=O)c2ccc([C@H]3SCC(=O)N3CCc3ccccc3)cc2)c1. The van der Waals surface area contributed by atoms with Gasteiger partial charge in [-0.05, 0) is 42.2 Å². The Hall–Kier alpha value is -2.70. The average molecular weight is 491 g/mol. The van der Waals surface area contributed by atoms with Crippen LogP contribution in [0.4, 0.5) is 0 Å². The van der Waals surface area contributed by atoms with E-state index in [-0.39, 0.29) is 17.2 Å². The molecule has 0 spiro atoms. The first-order chi connectivity index (χ1) is 16.6. The third kappa shape index (κ3) is 6.67. The number of thioether (sulfide) groups is 2.